The van der Waals surface area contributed by atoms with E-state index in [0.717, 1.165) is 12.8 Å². The zero-order valence-electron chi connectivity index (χ0n) is 12.9. The summed E-state index contributed by atoms with van der Waals surface area (Å²) in [5, 5.41) is 5.81. The predicted octanol–water partition coefficient (Wildman–Crippen LogP) is 3.06. The first-order valence-electron chi connectivity index (χ1n) is 8.00. The predicted molar refractivity (Wildman–Crippen MR) is 87.9 cm³/mol. The maximum Gasteiger partial charge on any atom is 0.251 e. The summed E-state index contributed by atoms with van der Waals surface area (Å²) in [5.74, 6) is -0.283. The molecule has 118 valence electrons. The van der Waals surface area contributed by atoms with Crippen molar-refractivity contribution in [1.29, 1.82) is 0 Å². The van der Waals surface area contributed by atoms with Crippen LogP contribution in [0.3, 0.4) is 0 Å². The first-order chi connectivity index (χ1) is 10.7. The lowest BCUT2D eigenvalue weighted by molar-refractivity contribution is 0.0933. The highest BCUT2D eigenvalue weighted by molar-refractivity contribution is 5.99. The molecule has 0 unspecified atom stereocenters. The Hall–Kier alpha value is -2.10. The van der Waals surface area contributed by atoms with Crippen molar-refractivity contribution in [2.24, 2.45) is 0 Å². The van der Waals surface area contributed by atoms with Gasteiger partial charge in [0.1, 0.15) is 0 Å². The Kier molecular flexibility index (Phi) is 6.19. The SMILES string of the molecule is C=CCNC(=O)c1cccc(C(=O)NC2CCCCCC2)c1. The summed E-state index contributed by atoms with van der Waals surface area (Å²) in [7, 11) is 0. The zero-order valence-corrected chi connectivity index (χ0v) is 12.9. The van der Waals surface area contributed by atoms with Gasteiger partial charge in [-0.15, -0.1) is 6.58 Å². The number of hydrogen-bond donors (Lipinski definition) is 2. The highest BCUT2D eigenvalue weighted by atomic mass is 16.2. The van der Waals surface area contributed by atoms with Crippen molar-refractivity contribution >= 4 is 11.8 Å². The number of hydrogen-bond acceptors (Lipinski definition) is 2. The van der Waals surface area contributed by atoms with Crippen LogP contribution in [0.1, 0.15) is 59.2 Å². The van der Waals surface area contributed by atoms with Crippen LogP contribution in [0, 0.1) is 0 Å². The molecule has 0 aromatic heterocycles. The van der Waals surface area contributed by atoms with Crippen molar-refractivity contribution in [2.75, 3.05) is 6.54 Å². The van der Waals surface area contributed by atoms with E-state index >= 15 is 0 Å². The van der Waals surface area contributed by atoms with Gasteiger partial charge in [-0.25, -0.2) is 0 Å². The number of rotatable bonds is 5. The Morgan fingerprint density at radius 3 is 2.36 bits per heavy atom. The Labute approximate surface area is 132 Å². The zero-order chi connectivity index (χ0) is 15.8. The van der Waals surface area contributed by atoms with Crippen molar-refractivity contribution in [2.45, 2.75) is 44.6 Å². The van der Waals surface area contributed by atoms with Crippen LogP contribution in [-0.2, 0) is 0 Å². The van der Waals surface area contributed by atoms with Crippen molar-refractivity contribution in [3.8, 4) is 0 Å². The van der Waals surface area contributed by atoms with E-state index in [4.69, 9.17) is 0 Å². The molecular weight excluding hydrogens is 276 g/mol. The first kappa shape index (κ1) is 16.3. The van der Waals surface area contributed by atoms with Crippen molar-refractivity contribution in [1.82, 2.24) is 10.6 Å². The molecule has 1 fully saturated rings. The van der Waals surface area contributed by atoms with Gasteiger partial charge < -0.3 is 10.6 Å². The lowest BCUT2D eigenvalue weighted by Gasteiger charge is -2.16. The lowest BCUT2D eigenvalue weighted by Crippen LogP contribution is -2.34. The fraction of sp³-hybridized carbons (Fsp3) is 0.444. The molecule has 0 bridgehead atoms. The van der Waals surface area contributed by atoms with E-state index < -0.39 is 0 Å². The van der Waals surface area contributed by atoms with Crippen LogP contribution in [-0.4, -0.2) is 24.4 Å². The van der Waals surface area contributed by atoms with Gasteiger partial charge in [0.05, 0.1) is 0 Å². The molecule has 2 N–H and O–H groups in total. The molecule has 0 spiro atoms. The molecule has 22 heavy (non-hydrogen) atoms. The minimum Gasteiger partial charge on any atom is -0.349 e. The normalized spacial score (nSPS) is 15.6. The minimum atomic E-state index is -0.191. The summed E-state index contributed by atoms with van der Waals surface area (Å²) in [6, 6.07) is 7.10. The third-order valence-electron chi connectivity index (χ3n) is 3.98. The number of carbonyl (C=O) groups excluding carboxylic acids is 2. The van der Waals surface area contributed by atoms with E-state index in [2.05, 4.69) is 17.2 Å². The number of amides is 2. The van der Waals surface area contributed by atoms with Crippen LogP contribution in [0.25, 0.3) is 0 Å². The molecule has 2 amide bonds. The summed E-state index contributed by atoms with van der Waals surface area (Å²) >= 11 is 0. The molecule has 1 aliphatic rings. The number of carbonyl (C=O) groups is 2. The topological polar surface area (TPSA) is 58.2 Å². The Balaban J connectivity index is 2.00. The summed E-state index contributed by atoms with van der Waals surface area (Å²) in [6.45, 7) is 3.98. The molecule has 1 aromatic carbocycles. The van der Waals surface area contributed by atoms with Gasteiger partial charge in [0.15, 0.2) is 0 Å². The van der Waals surface area contributed by atoms with Crippen LogP contribution in [0.2, 0.25) is 0 Å². The fourth-order valence-corrected chi connectivity index (χ4v) is 2.76. The van der Waals surface area contributed by atoms with Gasteiger partial charge in [0.2, 0.25) is 0 Å². The second kappa shape index (κ2) is 8.37. The van der Waals surface area contributed by atoms with Crippen LogP contribution >= 0.6 is 0 Å². The second-order valence-electron chi connectivity index (χ2n) is 5.74. The molecule has 1 aliphatic carbocycles. The van der Waals surface area contributed by atoms with Gasteiger partial charge >= 0.3 is 0 Å². The van der Waals surface area contributed by atoms with E-state index in [9.17, 15) is 9.59 Å². The van der Waals surface area contributed by atoms with Crippen molar-refractivity contribution < 1.29 is 9.59 Å². The average molecular weight is 300 g/mol. The van der Waals surface area contributed by atoms with Gasteiger partial charge in [0.25, 0.3) is 11.8 Å². The van der Waals surface area contributed by atoms with Crippen LogP contribution in [0.4, 0.5) is 0 Å². The number of benzene rings is 1. The third kappa shape index (κ3) is 4.72. The van der Waals surface area contributed by atoms with Crippen LogP contribution < -0.4 is 10.6 Å². The highest BCUT2D eigenvalue weighted by Crippen LogP contribution is 2.17. The van der Waals surface area contributed by atoms with Crippen molar-refractivity contribution in [3.63, 3.8) is 0 Å². The van der Waals surface area contributed by atoms with E-state index in [0.29, 0.717) is 17.7 Å². The summed E-state index contributed by atoms with van der Waals surface area (Å²) in [5.41, 5.74) is 1.03. The molecule has 4 heteroatoms. The minimum absolute atomic E-state index is 0.0923. The second-order valence-corrected chi connectivity index (χ2v) is 5.74. The van der Waals surface area contributed by atoms with E-state index in [-0.39, 0.29) is 17.9 Å². The smallest absolute Gasteiger partial charge is 0.251 e. The van der Waals surface area contributed by atoms with Crippen molar-refractivity contribution in [3.05, 3.63) is 48.0 Å². The first-order valence-corrected chi connectivity index (χ1v) is 8.00. The molecule has 0 aliphatic heterocycles. The largest absolute Gasteiger partial charge is 0.349 e. The molecular formula is C18H24N2O2. The molecule has 4 nitrogen and oxygen atoms in total. The van der Waals surface area contributed by atoms with Gasteiger partial charge in [0, 0.05) is 23.7 Å². The average Bonchev–Trinajstić information content (AvgIpc) is 2.81. The van der Waals surface area contributed by atoms with Crippen LogP contribution in [0.15, 0.2) is 36.9 Å². The van der Waals surface area contributed by atoms with Gasteiger partial charge in [-0.3, -0.25) is 9.59 Å². The molecule has 1 saturated carbocycles. The molecule has 0 radical (unpaired) electrons. The molecule has 0 heterocycles. The standard InChI is InChI=1S/C18H24N2O2/c1-2-12-19-17(21)14-8-7-9-15(13-14)18(22)20-16-10-5-3-4-6-11-16/h2,7-9,13,16H,1,3-6,10-12H2,(H,19,21)(H,20,22). The Morgan fingerprint density at radius 1 is 1.09 bits per heavy atom. The van der Waals surface area contributed by atoms with Gasteiger partial charge in [-0.1, -0.05) is 37.8 Å². The monoisotopic (exact) mass is 300 g/mol. The summed E-state index contributed by atoms with van der Waals surface area (Å²) in [4.78, 5) is 24.3. The fourth-order valence-electron chi connectivity index (χ4n) is 2.76. The quantitative estimate of drug-likeness (QED) is 0.648. The van der Waals surface area contributed by atoms with E-state index in [1.54, 1.807) is 30.3 Å². The number of nitrogens with one attached hydrogen (secondary N) is 2. The Morgan fingerprint density at radius 2 is 1.73 bits per heavy atom. The maximum atomic E-state index is 12.4. The molecule has 1 aromatic rings. The van der Waals surface area contributed by atoms with E-state index in [1.165, 1.54) is 25.7 Å². The maximum absolute atomic E-state index is 12.4. The molecule has 2 rings (SSSR count). The summed E-state index contributed by atoms with van der Waals surface area (Å²) < 4.78 is 0. The molecule has 0 atom stereocenters. The lowest BCUT2D eigenvalue weighted by atomic mass is 10.1. The van der Waals surface area contributed by atoms with E-state index in [1.807, 2.05) is 0 Å². The van der Waals surface area contributed by atoms with Crippen LogP contribution in [0.5, 0.6) is 0 Å². The highest BCUT2D eigenvalue weighted by Gasteiger charge is 2.16. The van der Waals surface area contributed by atoms with Gasteiger partial charge in [-0.2, -0.15) is 0 Å². The Bertz CT molecular complexity index is 532. The summed E-state index contributed by atoms with van der Waals surface area (Å²) in [6.07, 6.45) is 8.58. The third-order valence-corrected chi connectivity index (χ3v) is 3.98. The molecule has 0 saturated heterocycles. The van der Waals surface area contributed by atoms with Gasteiger partial charge in [-0.05, 0) is 31.0 Å².